The van der Waals surface area contributed by atoms with Crippen molar-refractivity contribution in [1.82, 2.24) is 15.2 Å². The van der Waals surface area contributed by atoms with Crippen LogP contribution in [0.25, 0.3) is 5.69 Å². The Bertz CT molecular complexity index is 601. The summed E-state index contributed by atoms with van der Waals surface area (Å²) in [4.78, 5) is 11.5. The van der Waals surface area contributed by atoms with E-state index in [-0.39, 0.29) is 5.91 Å². The summed E-state index contributed by atoms with van der Waals surface area (Å²) >= 11 is 0. The Kier molecular flexibility index (Phi) is 3.16. The number of nitrogens with two attached hydrogens (primary N) is 1. The second kappa shape index (κ2) is 4.62. The number of carbonyl (C=O) groups excluding carboxylic acids is 1. The number of carbonyl (C=O) groups is 1. The first-order valence-electron chi connectivity index (χ1n) is 5.67. The lowest BCUT2D eigenvalue weighted by atomic mass is 10.1. The predicted molar refractivity (Wildman–Crippen MR) is 69.4 cm³/mol. The Morgan fingerprint density at radius 2 is 2.06 bits per heavy atom. The standard InChI is InChI=1S/C13H16N4O/c1-8-4-5-12(9(2)6-8)17-10(3)11(7-15-17)13(18)16-14/h4-7H,14H2,1-3H3,(H,16,18). The van der Waals surface area contributed by atoms with E-state index in [4.69, 9.17) is 5.84 Å². The van der Waals surface area contributed by atoms with Gasteiger partial charge in [0.2, 0.25) is 0 Å². The number of hydrogen-bond donors (Lipinski definition) is 2. The molecule has 5 nitrogen and oxygen atoms in total. The molecule has 2 rings (SSSR count). The van der Waals surface area contributed by atoms with Crippen LogP contribution in [0.1, 0.15) is 27.2 Å². The van der Waals surface area contributed by atoms with Crippen LogP contribution in [0.15, 0.2) is 24.4 Å². The van der Waals surface area contributed by atoms with E-state index in [1.807, 2.05) is 32.9 Å². The van der Waals surface area contributed by atoms with E-state index in [9.17, 15) is 4.79 Å². The van der Waals surface area contributed by atoms with Crippen LogP contribution in [0.2, 0.25) is 0 Å². The molecule has 1 heterocycles. The van der Waals surface area contributed by atoms with Crippen molar-refractivity contribution in [3.63, 3.8) is 0 Å². The van der Waals surface area contributed by atoms with Crippen LogP contribution >= 0.6 is 0 Å². The van der Waals surface area contributed by atoms with Crippen LogP contribution in [0.3, 0.4) is 0 Å². The molecule has 0 saturated heterocycles. The molecular formula is C13H16N4O. The van der Waals surface area contributed by atoms with E-state index in [2.05, 4.69) is 16.6 Å². The number of nitrogens with zero attached hydrogens (tertiary/aromatic N) is 2. The zero-order valence-electron chi connectivity index (χ0n) is 10.7. The van der Waals surface area contributed by atoms with Crippen molar-refractivity contribution in [2.75, 3.05) is 0 Å². The van der Waals surface area contributed by atoms with Gasteiger partial charge in [-0.1, -0.05) is 17.7 Å². The molecule has 0 fully saturated rings. The summed E-state index contributed by atoms with van der Waals surface area (Å²) in [5.41, 5.74) is 6.64. The molecule has 0 aliphatic rings. The molecule has 0 bridgehead atoms. The summed E-state index contributed by atoms with van der Waals surface area (Å²) in [7, 11) is 0. The third-order valence-electron chi connectivity index (χ3n) is 2.97. The van der Waals surface area contributed by atoms with E-state index in [1.165, 1.54) is 11.8 Å². The first-order valence-corrected chi connectivity index (χ1v) is 5.67. The van der Waals surface area contributed by atoms with E-state index >= 15 is 0 Å². The van der Waals surface area contributed by atoms with Gasteiger partial charge < -0.3 is 0 Å². The van der Waals surface area contributed by atoms with Crippen LogP contribution < -0.4 is 11.3 Å². The number of aryl methyl sites for hydroxylation is 2. The lowest BCUT2D eigenvalue weighted by Crippen LogP contribution is -2.30. The highest BCUT2D eigenvalue weighted by molar-refractivity contribution is 5.94. The lowest BCUT2D eigenvalue weighted by Gasteiger charge is -2.09. The highest BCUT2D eigenvalue weighted by Gasteiger charge is 2.14. The zero-order valence-corrected chi connectivity index (χ0v) is 10.7. The molecule has 0 spiro atoms. The van der Waals surface area contributed by atoms with Crippen molar-refractivity contribution in [1.29, 1.82) is 0 Å². The van der Waals surface area contributed by atoms with Crippen LogP contribution in [0.5, 0.6) is 0 Å². The van der Waals surface area contributed by atoms with Crippen LogP contribution in [0.4, 0.5) is 0 Å². The molecule has 0 aliphatic carbocycles. The van der Waals surface area contributed by atoms with E-state index in [0.29, 0.717) is 5.56 Å². The SMILES string of the molecule is Cc1ccc(-n2ncc(C(=O)NN)c2C)c(C)c1. The second-order valence-corrected chi connectivity index (χ2v) is 4.32. The van der Waals surface area contributed by atoms with Gasteiger partial charge in [-0.15, -0.1) is 0 Å². The van der Waals surface area contributed by atoms with Gasteiger partial charge in [0.15, 0.2) is 0 Å². The molecule has 5 heteroatoms. The number of rotatable bonds is 2. The van der Waals surface area contributed by atoms with Crippen molar-refractivity contribution < 1.29 is 4.79 Å². The Labute approximate surface area is 106 Å². The molecule has 0 unspecified atom stereocenters. The molecule has 1 aromatic heterocycles. The van der Waals surface area contributed by atoms with Crippen molar-refractivity contribution in [3.05, 3.63) is 46.8 Å². The second-order valence-electron chi connectivity index (χ2n) is 4.32. The summed E-state index contributed by atoms with van der Waals surface area (Å²) in [6.07, 6.45) is 1.52. The number of amides is 1. The minimum absolute atomic E-state index is 0.330. The first-order chi connectivity index (χ1) is 8.54. The molecule has 0 aliphatic heterocycles. The fraction of sp³-hybridized carbons (Fsp3) is 0.231. The van der Waals surface area contributed by atoms with Gasteiger partial charge in [-0.25, -0.2) is 10.5 Å². The maximum atomic E-state index is 11.5. The van der Waals surface area contributed by atoms with E-state index in [1.54, 1.807) is 4.68 Å². The topological polar surface area (TPSA) is 72.9 Å². The van der Waals surface area contributed by atoms with Crippen molar-refractivity contribution in [3.8, 4) is 5.69 Å². The molecule has 0 radical (unpaired) electrons. The average molecular weight is 244 g/mol. The average Bonchev–Trinajstić information content (AvgIpc) is 2.70. The van der Waals surface area contributed by atoms with Gasteiger partial charge in [-0.3, -0.25) is 10.2 Å². The monoisotopic (exact) mass is 244 g/mol. The minimum Gasteiger partial charge on any atom is -0.290 e. The van der Waals surface area contributed by atoms with Gasteiger partial charge in [-0.05, 0) is 32.4 Å². The Morgan fingerprint density at radius 3 is 2.67 bits per heavy atom. The molecule has 0 atom stereocenters. The van der Waals surface area contributed by atoms with Gasteiger partial charge >= 0.3 is 0 Å². The van der Waals surface area contributed by atoms with E-state index in [0.717, 1.165) is 16.9 Å². The molecule has 2 aromatic rings. The number of benzene rings is 1. The van der Waals surface area contributed by atoms with E-state index < -0.39 is 0 Å². The Hall–Kier alpha value is -2.14. The smallest absolute Gasteiger partial charge is 0.268 e. The maximum Gasteiger partial charge on any atom is 0.268 e. The van der Waals surface area contributed by atoms with Gasteiger partial charge in [0.1, 0.15) is 0 Å². The largest absolute Gasteiger partial charge is 0.290 e. The molecule has 94 valence electrons. The number of nitrogen functional groups attached to an aromatic ring is 1. The van der Waals surface area contributed by atoms with Gasteiger partial charge in [-0.2, -0.15) is 5.10 Å². The molecule has 18 heavy (non-hydrogen) atoms. The Balaban J connectivity index is 2.52. The lowest BCUT2D eigenvalue weighted by molar-refractivity contribution is 0.0953. The van der Waals surface area contributed by atoms with Crippen molar-refractivity contribution in [2.24, 2.45) is 5.84 Å². The first kappa shape index (κ1) is 12.3. The van der Waals surface area contributed by atoms with Gasteiger partial charge in [0.25, 0.3) is 5.91 Å². The number of nitrogens with one attached hydrogen (secondary N) is 1. The number of aromatic nitrogens is 2. The van der Waals surface area contributed by atoms with Crippen LogP contribution in [-0.2, 0) is 0 Å². The van der Waals surface area contributed by atoms with Crippen molar-refractivity contribution >= 4 is 5.91 Å². The van der Waals surface area contributed by atoms with Gasteiger partial charge in [0.05, 0.1) is 23.1 Å². The Morgan fingerprint density at radius 1 is 1.33 bits per heavy atom. The van der Waals surface area contributed by atoms with Crippen LogP contribution in [0, 0.1) is 20.8 Å². The maximum absolute atomic E-state index is 11.5. The highest BCUT2D eigenvalue weighted by atomic mass is 16.2. The highest BCUT2D eigenvalue weighted by Crippen LogP contribution is 2.18. The predicted octanol–water partition coefficient (Wildman–Crippen LogP) is 1.40. The quantitative estimate of drug-likeness (QED) is 0.476. The molecule has 3 N–H and O–H groups in total. The van der Waals surface area contributed by atoms with Crippen LogP contribution in [-0.4, -0.2) is 15.7 Å². The number of hydrazine groups is 1. The third-order valence-corrected chi connectivity index (χ3v) is 2.97. The molecule has 1 amide bonds. The summed E-state index contributed by atoms with van der Waals surface area (Å²) < 4.78 is 1.75. The number of hydrogen-bond acceptors (Lipinski definition) is 3. The normalized spacial score (nSPS) is 10.4. The fourth-order valence-electron chi connectivity index (χ4n) is 2.00. The van der Waals surface area contributed by atoms with Gasteiger partial charge in [0, 0.05) is 0 Å². The molecule has 1 aromatic carbocycles. The zero-order chi connectivity index (χ0) is 13.3. The summed E-state index contributed by atoms with van der Waals surface area (Å²) in [6, 6.07) is 6.10. The fourth-order valence-corrected chi connectivity index (χ4v) is 2.00. The van der Waals surface area contributed by atoms with Crippen molar-refractivity contribution in [2.45, 2.75) is 20.8 Å². The molecule has 0 saturated carbocycles. The summed E-state index contributed by atoms with van der Waals surface area (Å²) in [5.74, 6) is 4.80. The summed E-state index contributed by atoms with van der Waals surface area (Å²) in [5, 5.41) is 4.25. The molecular weight excluding hydrogens is 228 g/mol. The third kappa shape index (κ3) is 2.00. The minimum atomic E-state index is -0.330. The summed E-state index contributed by atoms with van der Waals surface area (Å²) in [6.45, 7) is 5.91.